The number of halogens is 3. The first-order valence-corrected chi connectivity index (χ1v) is 8.35. The average molecular weight is 391 g/mol. The lowest BCUT2D eigenvalue weighted by Gasteiger charge is -2.17. The molecule has 2 rings (SSSR count). The summed E-state index contributed by atoms with van der Waals surface area (Å²) in [5.74, 6) is 0. The fraction of sp³-hybridized carbons (Fsp3) is 0.400. The van der Waals surface area contributed by atoms with E-state index in [0.717, 1.165) is 39.3 Å². The molecule has 3 nitrogen and oxygen atoms in total. The van der Waals surface area contributed by atoms with Crippen LogP contribution in [0.4, 0.5) is 0 Å². The predicted molar refractivity (Wildman–Crippen MR) is 92.3 cm³/mol. The number of nitrogens with one attached hydrogen (secondary N) is 1. The van der Waals surface area contributed by atoms with Gasteiger partial charge in [-0.05, 0) is 47.1 Å². The summed E-state index contributed by atoms with van der Waals surface area (Å²) < 4.78 is 2.77. The van der Waals surface area contributed by atoms with E-state index in [1.54, 1.807) is 0 Å². The second kappa shape index (κ2) is 7.14. The van der Waals surface area contributed by atoms with Gasteiger partial charge in [-0.1, -0.05) is 36.2 Å². The quantitative estimate of drug-likeness (QED) is 0.811. The number of hydrogen-bond donors (Lipinski definition) is 1. The van der Waals surface area contributed by atoms with Crippen LogP contribution in [0.25, 0.3) is 0 Å². The van der Waals surface area contributed by atoms with Crippen molar-refractivity contribution >= 4 is 39.1 Å². The first-order valence-electron chi connectivity index (χ1n) is 6.80. The van der Waals surface area contributed by atoms with Gasteiger partial charge in [-0.25, -0.2) is 0 Å². The normalized spacial score (nSPS) is 12.7. The summed E-state index contributed by atoms with van der Waals surface area (Å²) in [7, 11) is 3.88. The Hall–Kier alpha value is -0.550. The lowest BCUT2D eigenvalue weighted by Crippen LogP contribution is -2.20. The monoisotopic (exact) mass is 389 g/mol. The van der Waals surface area contributed by atoms with Crippen LogP contribution in [0.3, 0.4) is 0 Å². The Morgan fingerprint density at radius 1 is 1.38 bits per heavy atom. The fourth-order valence-corrected chi connectivity index (χ4v) is 3.24. The van der Waals surface area contributed by atoms with E-state index in [0.29, 0.717) is 5.02 Å². The maximum atomic E-state index is 6.43. The third-order valence-corrected chi connectivity index (χ3v) is 5.25. The van der Waals surface area contributed by atoms with Crippen LogP contribution >= 0.6 is 39.1 Å². The van der Waals surface area contributed by atoms with Gasteiger partial charge in [0, 0.05) is 24.0 Å². The first-order chi connectivity index (χ1) is 9.97. The molecule has 1 N–H and O–H groups in total. The summed E-state index contributed by atoms with van der Waals surface area (Å²) in [5.41, 5.74) is 3.14. The third-order valence-electron chi connectivity index (χ3n) is 3.59. The highest BCUT2D eigenvalue weighted by molar-refractivity contribution is 9.10. The topological polar surface area (TPSA) is 29.9 Å². The van der Waals surface area contributed by atoms with Crippen molar-refractivity contribution in [1.29, 1.82) is 0 Å². The van der Waals surface area contributed by atoms with Crippen LogP contribution in [0.5, 0.6) is 0 Å². The van der Waals surface area contributed by atoms with E-state index in [9.17, 15) is 0 Å². The first kappa shape index (κ1) is 16.8. The summed E-state index contributed by atoms with van der Waals surface area (Å²) >= 11 is 16.0. The minimum atomic E-state index is 0.149. The van der Waals surface area contributed by atoms with Crippen LogP contribution in [0.1, 0.15) is 29.9 Å². The Morgan fingerprint density at radius 3 is 2.62 bits per heavy atom. The molecule has 0 fully saturated rings. The zero-order valence-electron chi connectivity index (χ0n) is 12.3. The number of aromatic nitrogens is 2. The van der Waals surface area contributed by atoms with Gasteiger partial charge in [0.1, 0.15) is 0 Å². The highest BCUT2D eigenvalue weighted by atomic mass is 79.9. The lowest BCUT2D eigenvalue weighted by atomic mass is 10.0. The highest BCUT2D eigenvalue weighted by Gasteiger charge is 2.18. The molecule has 0 saturated heterocycles. The smallest absolute Gasteiger partial charge is 0.0850 e. The number of nitrogens with zero attached hydrogens (tertiary/aromatic N) is 2. The van der Waals surface area contributed by atoms with Gasteiger partial charge in [-0.15, -0.1) is 0 Å². The van der Waals surface area contributed by atoms with Crippen LogP contribution in [-0.4, -0.2) is 16.8 Å². The van der Waals surface area contributed by atoms with Crippen LogP contribution in [0.2, 0.25) is 10.0 Å². The minimum absolute atomic E-state index is 0.149. The number of likely N-dealkylation sites (N-methyl/N-ethyl adjacent to an activating group) is 1. The summed E-state index contributed by atoms with van der Waals surface area (Å²) in [6.45, 7) is 2.06. The molecule has 1 unspecified atom stereocenters. The number of hydrogen-bond acceptors (Lipinski definition) is 2. The van der Waals surface area contributed by atoms with Gasteiger partial charge in [0.15, 0.2) is 0 Å². The van der Waals surface area contributed by atoms with E-state index in [1.165, 1.54) is 0 Å². The standard InChI is InChI=1S/C15H18BrCl2N3/c1-4-12-15(18)14(21(3)20-12)8-13(19-2)9-5-6-11(17)10(16)7-9/h5-7,13,19H,4,8H2,1-3H3. The molecule has 21 heavy (non-hydrogen) atoms. The Balaban J connectivity index is 2.31. The number of rotatable bonds is 5. The van der Waals surface area contributed by atoms with Gasteiger partial charge in [-0.2, -0.15) is 5.10 Å². The second-order valence-corrected chi connectivity index (χ2v) is 6.54. The van der Waals surface area contributed by atoms with E-state index < -0.39 is 0 Å². The molecular weight excluding hydrogens is 373 g/mol. The Morgan fingerprint density at radius 2 is 2.10 bits per heavy atom. The molecule has 1 aromatic carbocycles. The summed E-state index contributed by atoms with van der Waals surface area (Å²) in [5, 5.41) is 9.28. The van der Waals surface area contributed by atoms with E-state index in [2.05, 4.69) is 33.3 Å². The van der Waals surface area contributed by atoms with Gasteiger partial charge in [0.2, 0.25) is 0 Å². The lowest BCUT2D eigenvalue weighted by molar-refractivity contribution is 0.561. The highest BCUT2D eigenvalue weighted by Crippen LogP contribution is 2.30. The van der Waals surface area contributed by atoms with Crippen molar-refractivity contribution in [2.75, 3.05) is 7.05 Å². The number of aryl methyl sites for hydroxylation is 2. The van der Waals surface area contributed by atoms with Gasteiger partial charge >= 0.3 is 0 Å². The molecular formula is C15H18BrCl2N3. The van der Waals surface area contributed by atoms with E-state index >= 15 is 0 Å². The predicted octanol–water partition coefficient (Wildman–Crippen LogP) is 4.56. The Kier molecular flexibility index (Phi) is 5.72. The van der Waals surface area contributed by atoms with Crippen molar-refractivity contribution in [3.8, 4) is 0 Å². The fourth-order valence-electron chi connectivity index (χ4n) is 2.35. The molecule has 0 aliphatic carbocycles. The molecule has 0 aliphatic rings. The van der Waals surface area contributed by atoms with Crippen molar-refractivity contribution in [2.24, 2.45) is 7.05 Å². The van der Waals surface area contributed by atoms with Crippen molar-refractivity contribution < 1.29 is 0 Å². The molecule has 0 spiro atoms. The molecule has 0 bridgehead atoms. The Bertz CT molecular complexity index is 640. The molecule has 1 aromatic heterocycles. The molecule has 1 atom stereocenters. The second-order valence-electron chi connectivity index (χ2n) is 4.90. The minimum Gasteiger partial charge on any atom is -0.313 e. The SMILES string of the molecule is CCc1nn(C)c(CC(NC)c2ccc(Cl)c(Br)c2)c1Cl. The average Bonchev–Trinajstić information content (AvgIpc) is 2.74. The Labute approximate surface area is 143 Å². The van der Waals surface area contributed by atoms with Gasteiger partial charge in [0.05, 0.1) is 21.4 Å². The largest absolute Gasteiger partial charge is 0.313 e. The van der Waals surface area contributed by atoms with Crippen LogP contribution in [0.15, 0.2) is 22.7 Å². The zero-order valence-corrected chi connectivity index (χ0v) is 15.3. The molecule has 1 heterocycles. The molecule has 0 saturated carbocycles. The van der Waals surface area contributed by atoms with Crippen molar-refractivity contribution in [2.45, 2.75) is 25.8 Å². The number of benzene rings is 1. The van der Waals surface area contributed by atoms with Gasteiger partial charge in [-0.3, -0.25) is 4.68 Å². The van der Waals surface area contributed by atoms with Crippen LogP contribution in [0, 0.1) is 0 Å². The van der Waals surface area contributed by atoms with Crippen molar-refractivity contribution in [3.63, 3.8) is 0 Å². The van der Waals surface area contributed by atoms with E-state index in [-0.39, 0.29) is 6.04 Å². The van der Waals surface area contributed by atoms with Crippen molar-refractivity contribution in [3.05, 3.63) is 49.7 Å². The maximum Gasteiger partial charge on any atom is 0.0850 e. The molecule has 0 amide bonds. The molecule has 0 aliphatic heterocycles. The summed E-state index contributed by atoms with van der Waals surface area (Å²) in [6, 6.07) is 6.11. The molecule has 0 radical (unpaired) electrons. The third kappa shape index (κ3) is 3.62. The van der Waals surface area contributed by atoms with Crippen LogP contribution in [-0.2, 0) is 19.9 Å². The van der Waals surface area contributed by atoms with Gasteiger partial charge < -0.3 is 5.32 Å². The molecule has 2 aromatic rings. The van der Waals surface area contributed by atoms with Gasteiger partial charge in [0.25, 0.3) is 0 Å². The van der Waals surface area contributed by atoms with Crippen LogP contribution < -0.4 is 5.32 Å². The van der Waals surface area contributed by atoms with Crippen molar-refractivity contribution in [1.82, 2.24) is 15.1 Å². The summed E-state index contributed by atoms with van der Waals surface area (Å²) in [6.07, 6.45) is 1.61. The zero-order chi connectivity index (χ0) is 15.6. The summed E-state index contributed by atoms with van der Waals surface area (Å²) in [4.78, 5) is 0. The molecule has 6 heteroatoms. The van der Waals surface area contributed by atoms with E-state index in [4.69, 9.17) is 23.2 Å². The molecule has 114 valence electrons. The maximum absolute atomic E-state index is 6.43. The van der Waals surface area contributed by atoms with E-state index in [1.807, 2.05) is 37.0 Å².